The maximum absolute atomic E-state index is 11.8. The Balaban J connectivity index is 0. The molecule has 1 atom stereocenters. The van der Waals surface area contributed by atoms with E-state index in [0.717, 1.165) is 0 Å². The number of aliphatic carboxylic acids is 1. The van der Waals surface area contributed by atoms with Crippen LogP contribution in [0.4, 0.5) is 0 Å². The highest BCUT2D eigenvalue weighted by Gasteiger charge is 2.23. The molecule has 0 heterocycles. The molecular weight excluding hydrogens is 294 g/mol. The minimum Gasteiger partial charge on any atom is -0.481 e. The lowest BCUT2D eigenvalue weighted by atomic mass is 10.3. The molecule has 2 amide bonds. The smallest absolute Gasteiger partial charge is 0.305 e. The first-order valence-electron chi connectivity index (χ1n) is 6.74. The van der Waals surface area contributed by atoms with E-state index in [2.05, 4.69) is 16.4 Å². The van der Waals surface area contributed by atoms with E-state index in [0.29, 0.717) is 0 Å². The Morgan fingerprint density at radius 2 is 1.67 bits per heavy atom. The quantitative estimate of drug-likeness (QED) is 0.506. The van der Waals surface area contributed by atoms with Crippen LogP contribution < -0.4 is 16.4 Å². The van der Waals surface area contributed by atoms with Crippen LogP contribution in [0.15, 0.2) is 0 Å². The van der Waals surface area contributed by atoms with Gasteiger partial charge in [-0.2, -0.15) is 0 Å². The van der Waals surface area contributed by atoms with E-state index in [1.165, 1.54) is 18.8 Å². The largest absolute Gasteiger partial charge is 0.481 e. The molecule has 0 aliphatic rings. The molecule has 0 bridgehead atoms. The summed E-state index contributed by atoms with van der Waals surface area (Å²) in [6, 6.07) is 0.00394. The van der Waals surface area contributed by atoms with Gasteiger partial charge in [-0.15, -0.1) is 11.8 Å². The van der Waals surface area contributed by atoms with Gasteiger partial charge in [-0.05, 0) is 26.1 Å². The van der Waals surface area contributed by atoms with Gasteiger partial charge in [0, 0.05) is 6.04 Å². The number of carboxylic acid groups (broad SMARTS) is 1. The summed E-state index contributed by atoms with van der Waals surface area (Å²) in [6.45, 7) is 7.28. The fourth-order valence-corrected chi connectivity index (χ4v) is 2.45. The van der Waals surface area contributed by atoms with Gasteiger partial charge in [-0.3, -0.25) is 14.4 Å². The number of hydrogen-bond acceptors (Lipinski definition) is 5. The number of amides is 2. The molecule has 0 aliphatic carbocycles. The molecule has 0 aliphatic heterocycles. The molecule has 0 saturated heterocycles. The van der Waals surface area contributed by atoms with E-state index < -0.39 is 17.1 Å². The van der Waals surface area contributed by atoms with Crippen LogP contribution >= 0.6 is 11.8 Å². The number of carbonyl (C=O) groups is 3. The molecule has 0 aromatic heterocycles. The van der Waals surface area contributed by atoms with Crippen molar-refractivity contribution in [3.63, 3.8) is 0 Å². The predicted molar refractivity (Wildman–Crippen MR) is 85.2 cm³/mol. The number of hydrogen-bond donors (Lipinski definition) is 4. The first-order valence-corrected chi connectivity index (χ1v) is 7.68. The van der Waals surface area contributed by atoms with E-state index in [1.54, 1.807) is 0 Å². The Labute approximate surface area is 130 Å². The maximum atomic E-state index is 11.8. The zero-order valence-electron chi connectivity index (χ0n) is 13.3. The average molecular weight is 321 g/mol. The Morgan fingerprint density at radius 1 is 1.14 bits per heavy atom. The van der Waals surface area contributed by atoms with Crippen molar-refractivity contribution in [2.45, 2.75) is 50.7 Å². The van der Waals surface area contributed by atoms with Gasteiger partial charge in [-0.1, -0.05) is 13.8 Å². The molecule has 0 spiro atoms. The standard InChI is InChI=1S/C12H22N2O4S.CH5N/c1-7(2)14-10(15)6-13-12(18)9(5-11(16)17)19-8(3)4;1-2/h7-9H,5-6H2,1-4H3,(H,13,18)(H,14,15)(H,16,17);2H2,1H3. The average Bonchev–Trinajstić information content (AvgIpc) is 2.35. The van der Waals surface area contributed by atoms with E-state index in [-0.39, 0.29) is 30.2 Å². The van der Waals surface area contributed by atoms with Crippen LogP contribution in [0.5, 0.6) is 0 Å². The van der Waals surface area contributed by atoms with Crippen LogP contribution in [-0.4, -0.2) is 53.0 Å². The summed E-state index contributed by atoms with van der Waals surface area (Å²) < 4.78 is 0. The van der Waals surface area contributed by atoms with E-state index in [9.17, 15) is 14.4 Å². The molecule has 124 valence electrons. The Kier molecular flexibility index (Phi) is 13.1. The molecule has 5 N–H and O–H groups in total. The number of nitrogens with two attached hydrogens (primary N) is 1. The minimum absolute atomic E-state index is 0.00394. The highest BCUT2D eigenvalue weighted by Crippen LogP contribution is 2.20. The molecule has 0 aromatic rings. The normalized spacial score (nSPS) is 11.4. The van der Waals surface area contributed by atoms with Gasteiger partial charge in [0.05, 0.1) is 18.2 Å². The Hall–Kier alpha value is -1.28. The molecule has 0 rings (SSSR count). The number of thioether (sulfide) groups is 1. The van der Waals surface area contributed by atoms with Gasteiger partial charge < -0.3 is 21.5 Å². The van der Waals surface area contributed by atoms with Crippen LogP contribution in [-0.2, 0) is 14.4 Å². The molecule has 0 saturated carbocycles. The molecule has 8 heteroatoms. The summed E-state index contributed by atoms with van der Waals surface area (Å²) in [5.41, 5.74) is 4.50. The predicted octanol–water partition coefficient (Wildman–Crippen LogP) is 0.187. The van der Waals surface area contributed by atoms with Crippen molar-refractivity contribution in [1.82, 2.24) is 10.6 Å². The number of nitrogens with one attached hydrogen (secondary N) is 2. The monoisotopic (exact) mass is 321 g/mol. The second kappa shape index (κ2) is 12.5. The van der Waals surface area contributed by atoms with Crippen molar-refractivity contribution in [2.24, 2.45) is 5.73 Å². The molecule has 0 aromatic carbocycles. The molecule has 0 radical (unpaired) electrons. The van der Waals surface area contributed by atoms with Crippen LogP contribution in [0.2, 0.25) is 0 Å². The topological polar surface area (TPSA) is 122 Å². The van der Waals surface area contributed by atoms with Crippen molar-refractivity contribution in [1.29, 1.82) is 0 Å². The molecule has 21 heavy (non-hydrogen) atoms. The van der Waals surface area contributed by atoms with E-state index in [4.69, 9.17) is 5.11 Å². The fourth-order valence-electron chi connectivity index (χ4n) is 1.34. The highest BCUT2D eigenvalue weighted by atomic mass is 32.2. The second-order valence-electron chi connectivity index (χ2n) is 4.71. The van der Waals surface area contributed by atoms with Crippen molar-refractivity contribution in [3.8, 4) is 0 Å². The van der Waals surface area contributed by atoms with Gasteiger partial charge in [0.25, 0.3) is 0 Å². The molecule has 0 fully saturated rings. The van der Waals surface area contributed by atoms with Crippen molar-refractivity contribution in [2.75, 3.05) is 13.6 Å². The molecular formula is C13H27N3O4S. The van der Waals surface area contributed by atoms with Crippen molar-refractivity contribution < 1.29 is 19.5 Å². The number of carbonyl (C=O) groups excluding carboxylic acids is 2. The van der Waals surface area contributed by atoms with Crippen molar-refractivity contribution in [3.05, 3.63) is 0 Å². The minimum atomic E-state index is -1.03. The molecule has 7 nitrogen and oxygen atoms in total. The number of carboxylic acids is 1. The summed E-state index contributed by atoms with van der Waals surface area (Å²) >= 11 is 1.28. The SMILES string of the molecule is CC(C)NC(=O)CNC(=O)C(CC(=O)O)SC(C)C.CN. The summed E-state index contributed by atoms with van der Waals surface area (Å²) in [5, 5.41) is 13.3. The number of rotatable bonds is 8. The van der Waals surface area contributed by atoms with Crippen LogP contribution in [0.1, 0.15) is 34.1 Å². The molecule has 1 unspecified atom stereocenters. The lowest BCUT2D eigenvalue weighted by Crippen LogP contribution is -2.43. The van der Waals surface area contributed by atoms with Gasteiger partial charge in [-0.25, -0.2) is 0 Å². The third-order valence-electron chi connectivity index (χ3n) is 1.96. The Bertz CT molecular complexity index is 335. The maximum Gasteiger partial charge on any atom is 0.305 e. The first-order chi connectivity index (χ1) is 9.72. The third-order valence-corrected chi connectivity index (χ3v) is 3.22. The first kappa shape index (κ1) is 22.0. The third kappa shape index (κ3) is 13.5. The zero-order valence-corrected chi connectivity index (χ0v) is 14.1. The lowest BCUT2D eigenvalue weighted by Gasteiger charge is -2.17. The second-order valence-corrected chi connectivity index (χ2v) is 6.50. The van der Waals surface area contributed by atoms with Crippen LogP contribution in [0.3, 0.4) is 0 Å². The zero-order chi connectivity index (χ0) is 17.0. The van der Waals surface area contributed by atoms with Crippen LogP contribution in [0, 0.1) is 0 Å². The van der Waals surface area contributed by atoms with Gasteiger partial charge >= 0.3 is 5.97 Å². The van der Waals surface area contributed by atoms with Crippen molar-refractivity contribution >= 4 is 29.5 Å². The van der Waals surface area contributed by atoms with E-state index >= 15 is 0 Å². The highest BCUT2D eigenvalue weighted by molar-refractivity contribution is 8.01. The van der Waals surface area contributed by atoms with Gasteiger partial charge in [0.15, 0.2) is 0 Å². The van der Waals surface area contributed by atoms with E-state index in [1.807, 2.05) is 27.7 Å². The van der Waals surface area contributed by atoms with Gasteiger partial charge in [0.2, 0.25) is 11.8 Å². The fraction of sp³-hybridized carbons (Fsp3) is 0.769. The summed E-state index contributed by atoms with van der Waals surface area (Å²) in [5.74, 6) is -1.73. The Morgan fingerprint density at radius 3 is 2.05 bits per heavy atom. The summed E-state index contributed by atoms with van der Waals surface area (Å²) in [4.78, 5) is 33.9. The summed E-state index contributed by atoms with van der Waals surface area (Å²) in [7, 11) is 1.50. The van der Waals surface area contributed by atoms with Gasteiger partial charge in [0.1, 0.15) is 0 Å². The summed E-state index contributed by atoms with van der Waals surface area (Å²) in [6.07, 6.45) is -0.250. The lowest BCUT2D eigenvalue weighted by molar-refractivity contribution is -0.138. The van der Waals surface area contributed by atoms with Crippen LogP contribution in [0.25, 0.3) is 0 Å².